The molecule has 1 aromatic carbocycles. The number of unbranched alkanes of at least 4 members (excludes halogenated alkanes) is 1. The number of ether oxygens (including phenoxy) is 2. The Kier molecular flexibility index (Phi) is 9.43. The highest BCUT2D eigenvalue weighted by Gasteiger charge is 2.33. The normalized spacial score (nSPS) is 16.8. The van der Waals surface area contributed by atoms with Crippen LogP contribution in [0.3, 0.4) is 0 Å². The Morgan fingerprint density at radius 3 is 2.62 bits per heavy atom. The number of hydrogen-bond acceptors (Lipinski definition) is 6. The van der Waals surface area contributed by atoms with E-state index in [0.717, 1.165) is 25.0 Å². The van der Waals surface area contributed by atoms with E-state index < -0.39 is 12.0 Å². The van der Waals surface area contributed by atoms with Crippen molar-refractivity contribution in [3.63, 3.8) is 0 Å². The van der Waals surface area contributed by atoms with Crippen molar-refractivity contribution >= 4 is 23.5 Å². The van der Waals surface area contributed by atoms with Crippen LogP contribution in [0.15, 0.2) is 24.3 Å². The summed E-state index contributed by atoms with van der Waals surface area (Å²) in [6, 6.07) is 6.44. The van der Waals surface area contributed by atoms with Gasteiger partial charge in [0.15, 0.2) is 0 Å². The number of nitrogens with zero attached hydrogens (tertiary/aromatic N) is 1. The number of benzene rings is 1. The van der Waals surface area contributed by atoms with Crippen LogP contribution in [0.4, 0.5) is 5.69 Å². The van der Waals surface area contributed by atoms with Crippen LogP contribution < -0.4 is 15.4 Å². The van der Waals surface area contributed by atoms with E-state index in [9.17, 15) is 14.4 Å². The Bertz CT molecular complexity index is 677. The zero-order chi connectivity index (χ0) is 21.1. The number of amides is 2. The second-order valence-electron chi connectivity index (χ2n) is 6.98. The average molecular weight is 405 g/mol. The third-order valence-electron chi connectivity index (χ3n) is 4.52. The molecule has 29 heavy (non-hydrogen) atoms. The first-order chi connectivity index (χ1) is 14.0. The van der Waals surface area contributed by atoms with Crippen LogP contribution >= 0.6 is 0 Å². The topological polar surface area (TPSA) is 97.0 Å². The molecular weight excluding hydrogens is 374 g/mol. The molecule has 1 aromatic rings. The Morgan fingerprint density at radius 2 is 1.93 bits per heavy atom. The monoisotopic (exact) mass is 405 g/mol. The second kappa shape index (κ2) is 12.1. The van der Waals surface area contributed by atoms with Gasteiger partial charge in [-0.3, -0.25) is 19.3 Å². The van der Waals surface area contributed by atoms with Crippen LogP contribution in [-0.4, -0.2) is 61.6 Å². The van der Waals surface area contributed by atoms with Crippen LogP contribution in [-0.2, 0) is 19.1 Å². The van der Waals surface area contributed by atoms with Gasteiger partial charge in [0.25, 0.3) is 0 Å². The van der Waals surface area contributed by atoms with Gasteiger partial charge in [-0.05, 0) is 37.1 Å². The number of anilines is 1. The Labute approximate surface area is 171 Å². The van der Waals surface area contributed by atoms with Crippen LogP contribution in [0.25, 0.3) is 0 Å². The van der Waals surface area contributed by atoms with Crippen molar-refractivity contribution in [2.45, 2.75) is 45.6 Å². The lowest BCUT2D eigenvalue weighted by Gasteiger charge is -2.33. The molecule has 2 rings (SSSR count). The van der Waals surface area contributed by atoms with Gasteiger partial charge in [0, 0.05) is 18.8 Å². The fraction of sp³-hybridized carbons (Fsp3) is 0.571. The number of esters is 1. The van der Waals surface area contributed by atoms with E-state index in [-0.39, 0.29) is 24.8 Å². The van der Waals surface area contributed by atoms with Gasteiger partial charge < -0.3 is 20.1 Å². The minimum absolute atomic E-state index is 0.0222. The summed E-state index contributed by atoms with van der Waals surface area (Å²) in [6.07, 6.45) is 2.58. The number of hydrogen-bond donors (Lipinski definition) is 2. The van der Waals surface area contributed by atoms with Crippen molar-refractivity contribution in [3.8, 4) is 5.75 Å². The lowest BCUT2D eigenvalue weighted by Crippen LogP contribution is -2.57. The maximum absolute atomic E-state index is 12.5. The van der Waals surface area contributed by atoms with Crippen LogP contribution in [0.2, 0.25) is 0 Å². The summed E-state index contributed by atoms with van der Waals surface area (Å²) in [5, 5.41) is 5.57. The first-order valence-electron chi connectivity index (χ1n) is 10.2. The maximum Gasteiger partial charge on any atom is 0.307 e. The lowest BCUT2D eigenvalue weighted by molar-refractivity contribution is -0.149. The first kappa shape index (κ1) is 22.7. The Morgan fingerprint density at radius 1 is 1.17 bits per heavy atom. The number of carbonyl (C=O) groups excluding carboxylic acids is 3. The fourth-order valence-corrected chi connectivity index (χ4v) is 2.96. The molecular formula is C21H31N3O5. The predicted molar refractivity (Wildman–Crippen MR) is 110 cm³/mol. The summed E-state index contributed by atoms with van der Waals surface area (Å²) in [5.41, 5.74) is 0.649. The van der Waals surface area contributed by atoms with Crippen molar-refractivity contribution in [1.82, 2.24) is 10.2 Å². The summed E-state index contributed by atoms with van der Waals surface area (Å²) in [7, 11) is 0. The van der Waals surface area contributed by atoms with Gasteiger partial charge in [0.05, 0.1) is 26.2 Å². The molecule has 0 saturated carbocycles. The van der Waals surface area contributed by atoms with Gasteiger partial charge in [0.1, 0.15) is 11.8 Å². The molecule has 8 nitrogen and oxygen atoms in total. The van der Waals surface area contributed by atoms with Gasteiger partial charge in [-0.25, -0.2) is 0 Å². The van der Waals surface area contributed by atoms with Gasteiger partial charge >= 0.3 is 5.97 Å². The molecule has 1 fully saturated rings. The molecule has 0 aliphatic carbocycles. The van der Waals surface area contributed by atoms with Gasteiger partial charge in [-0.2, -0.15) is 0 Å². The third-order valence-corrected chi connectivity index (χ3v) is 4.52. The lowest BCUT2D eigenvalue weighted by atomic mass is 10.1. The minimum Gasteiger partial charge on any atom is -0.494 e. The van der Waals surface area contributed by atoms with Gasteiger partial charge in [0.2, 0.25) is 11.8 Å². The minimum atomic E-state index is -0.701. The number of carbonyl (C=O) groups is 3. The number of nitrogens with one attached hydrogen (secondary N) is 2. The smallest absolute Gasteiger partial charge is 0.307 e. The van der Waals surface area contributed by atoms with Crippen molar-refractivity contribution in [2.24, 2.45) is 0 Å². The fourth-order valence-electron chi connectivity index (χ4n) is 2.96. The molecule has 2 amide bonds. The van der Waals surface area contributed by atoms with Crippen LogP contribution in [0.1, 0.15) is 39.5 Å². The highest BCUT2D eigenvalue weighted by molar-refractivity contribution is 5.93. The third kappa shape index (κ3) is 7.73. The van der Waals surface area contributed by atoms with Crippen LogP contribution in [0, 0.1) is 0 Å². The quantitative estimate of drug-likeness (QED) is 0.431. The summed E-state index contributed by atoms with van der Waals surface area (Å²) < 4.78 is 10.7. The molecule has 1 unspecified atom stereocenters. The highest BCUT2D eigenvalue weighted by atomic mass is 16.5. The summed E-state index contributed by atoms with van der Waals surface area (Å²) in [6.45, 7) is 6.00. The first-order valence-corrected chi connectivity index (χ1v) is 10.2. The largest absolute Gasteiger partial charge is 0.494 e. The molecule has 1 atom stereocenters. The van der Waals surface area contributed by atoms with Gasteiger partial charge in [-0.15, -0.1) is 0 Å². The summed E-state index contributed by atoms with van der Waals surface area (Å²) in [4.78, 5) is 38.4. The average Bonchev–Trinajstić information content (AvgIpc) is 2.70. The molecule has 2 N–H and O–H groups in total. The van der Waals surface area contributed by atoms with E-state index in [2.05, 4.69) is 10.6 Å². The zero-order valence-corrected chi connectivity index (χ0v) is 17.2. The molecule has 8 heteroatoms. The van der Waals surface area contributed by atoms with E-state index in [0.29, 0.717) is 32.0 Å². The second-order valence-corrected chi connectivity index (χ2v) is 6.98. The number of rotatable bonds is 11. The highest BCUT2D eigenvalue weighted by Crippen LogP contribution is 2.16. The Balaban J connectivity index is 1.88. The van der Waals surface area contributed by atoms with Crippen molar-refractivity contribution < 1.29 is 23.9 Å². The predicted octanol–water partition coefficient (Wildman–Crippen LogP) is 1.95. The maximum atomic E-state index is 12.5. The molecule has 0 radical (unpaired) electrons. The standard InChI is InChI=1S/C21H31N3O5/c1-3-5-13-29-20(26)14-18-21(27)22-10-11-24(18)15-19(25)23-16-6-8-17(9-7-16)28-12-4-2/h6-9,18H,3-5,10-15H2,1-2H3,(H,22,27)(H,23,25). The van der Waals surface area contributed by atoms with E-state index in [1.165, 1.54) is 0 Å². The Hall–Kier alpha value is -2.61. The van der Waals surface area contributed by atoms with Crippen molar-refractivity contribution in [3.05, 3.63) is 24.3 Å². The van der Waals surface area contributed by atoms with E-state index in [1.807, 2.05) is 13.8 Å². The molecule has 160 valence electrons. The molecule has 1 saturated heterocycles. The number of piperazine rings is 1. The summed E-state index contributed by atoms with van der Waals surface area (Å²) >= 11 is 0. The van der Waals surface area contributed by atoms with Gasteiger partial charge in [-0.1, -0.05) is 20.3 Å². The molecule has 0 spiro atoms. The van der Waals surface area contributed by atoms with E-state index >= 15 is 0 Å². The SMILES string of the molecule is CCCCOC(=O)CC1C(=O)NCCN1CC(=O)Nc1ccc(OCCC)cc1. The van der Waals surface area contributed by atoms with E-state index in [4.69, 9.17) is 9.47 Å². The molecule has 0 bridgehead atoms. The summed E-state index contributed by atoms with van der Waals surface area (Å²) in [5.74, 6) is -0.173. The molecule has 0 aromatic heterocycles. The van der Waals surface area contributed by atoms with Crippen molar-refractivity contribution in [2.75, 3.05) is 38.2 Å². The molecule has 1 aliphatic heterocycles. The van der Waals surface area contributed by atoms with E-state index in [1.54, 1.807) is 29.2 Å². The molecule has 1 heterocycles. The molecule has 1 aliphatic rings. The van der Waals surface area contributed by atoms with Crippen molar-refractivity contribution in [1.29, 1.82) is 0 Å². The zero-order valence-electron chi connectivity index (χ0n) is 17.2. The van der Waals surface area contributed by atoms with Crippen LogP contribution in [0.5, 0.6) is 5.75 Å².